The number of nitrogens with zero attached hydrogens (tertiary/aromatic N) is 4. The fourth-order valence-electron chi connectivity index (χ4n) is 4.16. The molecule has 1 aliphatic heterocycles. The summed E-state index contributed by atoms with van der Waals surface area (Å²) in [4.78, 5) is 15.3. The average Bonchev–Trinajstić information content (AvgIpc) is 3.15. The van der Waals surface area contributed by atoms with Gasteiger partial charge in [-0.25, -0.2) is 4.68 Å². The van der Waals surface area contributed by atoms with Crippen molar-refractivity contribution in [2.75, 3.05) is 4.90 Å². The van der Waals surface area contributed by atoms with Gasteiger partial charge in [0.05, 0.1) is 17.9 Å². The zero-order valence-electron chi connectivity index (χ0n) is 18.3. The summed E-state index contributed by atoms with van der Waals surface area (Å²) in [6, 6.07) is 16.6. The SMILES string of the molecule is CC(C)CCCC(=O)N1Cc2ccccc2-c2nnn(C(C)C)c2-c2ccccc21. The van der Waals surface area contributed by atoms with Gasteiger partial charge in [0.15, 0.2) is 0 Å². The van der Waals surface area contributed by atoms with Gasteiger partial charge in [0.1, 0.15) is 5.69 Å². The minimum absolute atomic E-state index is 0.163. The van der Waals surface area contributed by atoms with Crippen molar-refractivity contribution in [1.29, 1.82) is 0 Å². The minimum atomic E-state index is 0.163. The van der Waals surface area contributed by atoms with E-state index in [-0.39, 0.29) is 11.9 Å². The van der Waals surface area contributed by atoms with E-state index >= 15 is 0 Å². The minimum Gasteiger partial charge on any atom is -0.307 e. The van der Waals surface area contributed by atoms with Crippen LogP contribution in [0.5, 0.6) is 0 Å². The van der Waals surface area contributed by atoms with Crippen molar-refractivity contribution in [2.45, 2.75) is 59.5 Å². The zero-order chi connectivity index (χ0) is 21.3. The van der Waals surface area contributed by atoms with Gasteiger partial charge in [-0.15, -0.1) is 5.10 Å². The number of para-hydroxylation sites is 1. The maximum absolute atomic E-state index is 13.4. The molecule has 0 N–H and O–H groups in total. The Kier molecular flexibility index (Phi) is 5.71. The molecule has 2 aromatic carbocycles. The van der Waals surface area contributed by atoms with Crippen molar-refractivity contribution in [1.82, 2.24) is 15.0 Å². The van der Waals surface area contributed by atoms with Crippen LogP contribution in [0, 0.1) is 5.92 Å². The van der Waals surface area contributed by atoms with Crippen molar-refractivity contribution in [3.63, 3.8) is 0 Å². The Bertz CT molecular complexity index is 1050. The third kappa shape index (κ3) is 3.76. The molecule has 3 aromatic rings. The summed E-state index contributed by atoms with van der Waals surface area (Å²) in [5.74, 6) is 0.775. The number of carbonyl (C=O) groups excluding carboxylic acids is 1. The highest BCUT2D eigenvalue weighted by atomic mass is 16.2. The number of rotatable bonds is 5. The van der Waals surface area contributed by atoms with Gasteiger partial charge in [-0.1, -0.05) is 67.9 Å². The van der Waals surface area contributed by atoms with Crippen LogP contribution in [-0.4, -0.2) is 20.9 Å². The highest BCUT2D eigenvalue weighted by Gasteiger charge is 2.29. The van der Waals surface area contributed by atoms with E-state index < -0.39 is 0 Å². The smallest absolute Gasteiger partial charge is 0.227 e. The predicted molar refractivity (Wildman–Crippen MR) is 121 cm³/mol. The molecule has 0 unspecified atom stereocenters. The fourth-order valence-corrected chi connectivity index (χ4v) is 4.16. The van der Waals surface area contributed by atoms with Gasteiger partial charge in [0.2, 0.25) is 5.91 Å². The Morgan fingerprint density at radius 2 is 1.70 bits per heavy atom. The molecule has 156 valence electrons. The van der Waals surface area contributed by atoms with Gasteiger partial charge in [-0.3, -0.25) is 4.79 Å². The summed E-state index contributed by atoms with van der Waals surface area (Å²) >= 11 is 0. The van der Waals surface area contributed by atoms with Crippen LogP contribution in [0.1, 0.15) is 58.6 Å². The molecule has 0 bridgehead atoms. The molecule has 0 saturated carbocycles. The normalized spacial score (nSPS) is 12.9. The van der Waals surface area contributed by atoms with Gasteiger partial charge in [-0.2, -0.15) is 0 Å². The largest absolute Gasteiger partial charge is 0.307 e. The summed E-state index contributed by atoms with van der Waals surface area (Å²) in [6.07, 6.45) is 2.53. The molecule has 1 aliphatic rings. The van der Waals surface area contributed by atoms with Gasteiger partial charge >= 0.3 is 0 Å². The number of benzene rings is 2. The van der Waals surface area contributed by atoms with E-state index in [2.05, 4.69) is 56.2 Å². The van der Waals surface area contributed by atoms with E-state index in [9.17, 15) is 4.79 Å². The highest BCUT2D eigenvalue weighted by Crippen LogP contribution is 2.42. The first kappa shape index (κ1) is 20.3. The molecule has 30 heavy (non-hydrogen) atoms. The topological polar surface area (TPSA) is 51.0 Å². The number of aromatic nitrogens is 3. The standard InChI is InChI=1S/C25H30N4O/c1-17(2)10-9-15-23(30)28-16-19-11-5-6-12-20(19)24-25(29(18(3)4)27-26-24)21-13-7-8-14-22(21)28/h5-8,11-14,17-18H,9-10,15-16H2,1-4H3. The van der Waals surface area contributed by atoms with E-state index in [1.54, 1.807) is 0 Å². The maximum atomic E-state index is 13.4. The third-order valence-corrected chi connectivity index (χ3v) is 5.71. The Morgan fingerprint density at radius 1 is 1.00 bits per heavy atom. The molecule has 0 atom stereocenters. The molecule has 0 fully saturated rings. The van der Waals surface area contributed by atoms with Crippen molar-refractivity contribution in [3.05, 3.63) is 54.1 Å². The van der Waals surface area contributed by atoms with Crippen LogP contribution < -0.4 is 4.90 Å². The average molecular weight is 403 g/mol. The van der Waals surface area contributed by atoms with E-state index in [0.29, 0.717) is 18.9 Å². The van der Waals surface area contributed by atoms with E-state index in [4.69, 9.17) is 0 Å². The Balaban J connectivity index is 1.87. The first-order valence-corrected chi connectivity index (χ1v) is 10.9. The van der Waals surface area contributed by atoms with Crippen molar-refractivity contribution in [3.8, 4) is 22.5 Å². The Hall–Kier alpha value is -2.95. The second-order valence-corrected chi connectivity index (χ2v) is 8.77. The van der Waals surface area contributed by atoms with Crippen molar-refractivity contribution in [2.24, 2.45) is 5.92 Å². The van der Waals surface area contributed by atoms with Crippen LogP contribution in [0.3, 0.4) is 0 Å². The summed E-state index contributed by atoms with van der Waals surface area (Å²) in [5.41, 5.74) is 5.96. The monoisotopic (exact) mass is 402 g/mol. The van der Waals surface area contributed by atoms with Crippen LogP contribution in [0.4, 0.5) is 5.69 Å². The second-order valence-electron chi connectivity index (χ2n) is 8.77. The fraction of sp³-hybridized carbons (Fsp3) is 0.400. The number of hydrogen-bond acceptors (Lipinski definition) is 3. The lowest BCUT2D eigenvalue weighted by Gasteiger charge is -2.29. The van der Waals surface area contributed by atoms with Crippen LogP contribution in [0.25, 0.3) is 22.5 Å². The molecule has 0 aliphatic carbocycles. The summed E-state index contributed by atoms with van der Waals surface area (Å²) < 4.78 is 1.97. The second kappa shape index (κ2) is 8.42. The molecule has 2 heterocycles. The first-order valence-electron chi connectivity index (χ1n) is 10.9. The molecule has 0 spiro atoms. The van der Waals surface area contributed by atoms with Gasteiger partial charge in [-0.05, 0) is 37.8 Å². The predicted octanol–water partition coefficient (Wildman–Crippen LogP) is 5.87. The molecule has 5 nitrogen and oxygen atoms in total. The number of fused-ring (bicyclic) bond motifs is 5. The van der Waals surface area contributed by atoms with Crippen LogP contribution in [0.2, 0.25) is 0 Å². The van der Waals surface area contributed by atoms with E-state index in [1.807, 2.05) is 39.9 Å². The molecule has 0 saturated heterocycles. The molecule has 0 radical (unpaired) electrons. The number of hydrogen-bond donors (Lipinski definition) is 0. The number of anilines is 1. The molecule has 5 heteroatoms. The lowest BCUT2D eigenvalue weighted by molar-refractivity contribution is -0.118. The molecule has 4 rings (SSSR count). The first-order chi connectivity index (χ1) is 14.5. The summed E-state index contributed by atoms with van der Waals surface area (Å²) in [5, 5.41) is 9.05. The van der Waals surface area contributed by atoms with Gasteiger partial charge in [0.25, 0.3) is 0 Å². The molecule has 1 aromatic heterocycles. The summed E-state index contributed by atoms with van der Waals surface area (Å²) in [7, 11) is 0. The number of amides is 1. The zero-order valence-corrected chi connectivity index (χ0v) is 18.3. The van der Waals surface area contributed by atoms with Crippen LogP contribution >= 0.6 is 0 Å². The van der Waals surface area contributed by atoms with Gasteiger partial charge < -0.3 is 4.90 Å². The van der Waals surface area contributed by atoms with E-state index in [0.717, 1.165) is 46.6 Å². The van der Waals surface area contributed by atoms with E-state index in [1.165, 1.54) is 0 Å². The van der Waals surface area contributed by atoms with Crippen LogP contribution in [0.15, 0.2) is 48.5 Å². The Morgan fingerprint density at radius 3 is 2.43 bits per heavy atom. The quantitative estimate of drug-likeness (QED) is 0.536. The van der Waals surface area contributed by atoms with Gasteiger partial charge in [0, 0.05) is 23.6 Å². The lowest BCUT2D eigenvalue weighted by Crippen LogP contribution is -2.31. The highest BCUT2D eigenvalue weighted by molar-refractivity contribution is 6.00. The van der Waals surface area contributed by atoms with Crippen LogP contribution in [-0.2, 0) is 11.3 Å². The molecular formula is C25H30N4O. The molecule has 1 amide bonds. The number of carbonyl (C=O) groups is 1. The lowest BCUT2D eigenvalue weighted by atomic mass is 9.95. The summed E-state index contributed by atoms with van der Waals surface area (Å²) in [6.45, 7) is 9.16. The van der Waals surface area contributed by atoms with Crippen molar-refractivity contribution < 1.29 is 4.79 Å². The maximum Gasteiger partial charge on any atom is 0.227 e. The Labute approximate surface area is 178 Å². The van der Waals surface area contributed by atoms with Crippen molar-refractivity contribution >= 4 is 11.6 Å². The molecular weight excluding hydrogens is 372 g/mol. The third-order valence-electron chi connectivity index (χ3n) is 5.71.